The van der Waals surface area contributed by atoms with Gasteiger partial charge in [0.05, 0.1) is 34.2 Å². The predicted octanol–water partition coefficient (Wildman–Crippen LogP) is 36.5. The summed E-state index contributed by atoms with van der Waals surface area (Å²) in [6, 6.07) is 186. The zero-order chi connectivity index (χ0) is 99.8. The minimum atomic E-state index is 0.691. The fourth-order valence-corrected chi connectivity index (χ4v) is 20.3. The second-order valence-corrected chi connectivity index (χ2v) is 37.5. The fourth-order valence-electron chi connectivity index (χ4n) is 20.3. The number of hydrogen-bond acceptors (Lipinski definition) is 9. The Bertz CT molecular complexity index is 9200. The van der Waals surface area contributed by atoms with Gasteiger partial charge in [-0.05, 0) is 213 Å². The van der Waals surface area contributed by atoms with Gasteiger partial charge in [-0.3, -0.25) is 15.0 Å². The van der Waals surface area contributed by atoms with Gasteiger partial charge in [-0.2, -0.15) is 0 Å². The molecule has 0 aliphatic carbocycles. The van der Waals surface area contributed by atoms with E-state index in [-0.39, 0.29) is 0 Å². The van der Waals surface area contributed by atoms with Gasteiger partial charge in [0, 0.05) is 87.3 Å². The van der Waals surface area contributed by atoms with E-state index in [0.717, 1.165) is 134 Å². The van der Waals surface area contributed by atoms with Crippen molar-refractivity contribution in [2.24, 2.45) is 0 Å². The molecule has 0 radical (unpaired) electrons. The van der Waals surface area contributed by atoms with Crippen LogP contribution in [-0.2, 0) is 0 Å². The highest BCUT2D eigenvalue weighted by molar-refractivity contribution is 6.14. The molecule has 6 aromatic heterocycles. The van der Waals surface area contributed by atoms with Gasteiger partial charge in [-0.25, -0.2) is 29.9 Å². The second kappa shape index (κ2) is 41.3. The SMILES string of the molecule is c1ccc(-c2ccc(-c3nc(-c4ccc(-c5cccnc5)cc4)cc(-c4ccc(-c5cc6ccccc6c6ccccc56)cc4)n3)cc2)cc1.c1cncc(-c2ccc(-c3cc(-c4ccc(-c5cccc6ccccc56)cc4)nc(-c4ccc(-c5ccc6ccccc6c5)cc4)n3)cc2)c1.c1cncc(-c2ccc(-c3cc(-c4ccc(-c5cccc6ccccc56)cc4)nc(-c4ccc(-c5cccc6ccccc56)cc4)n3)cc2)c1. The number of hydrogen-bond donors (Lipinski definition) is 0. The van der Waals surface area contributed by atoms with Crippen LogP contribution in [0, 0.1) is 0 Å². The Morgan fingerprint density at radius 3 is 0.680 bits per heavy atom. The smallest absolute Gasteiger partial charge is 0.160 e. The van der Waals surface area contributed by atoms with Crippen molar-refractivity contribution in [3.8, 4) is 202 Å². The quantitative estimate of drug-likeness (QED) is 0.0774. The Labute approximate surface area is 870 Å². The molecule has 0 unspecified atom stereocenters. The van der Waals surface area contributed by atoms with Crippen molar-refractivity contribution in [1.82, 2.24) is 44.9 Å². The first-order valence-electron chi connectivity index (χ1n) is 50.5. The average Bonchev–Trinajstić information content (AvgIpc) is 0.768. The maximum absolute atomic E-state index is 5.15. The van der Waals surface area contributed by atoms with E-state index in [1.54, 1.807) is 18.6 Å². The number of rotatable bonds is 18. The standard InChI is InChI=1S/3C47H31N3/c1-3-13-41-33(8-1)10-5-15-43(41)35-19-25-38(26-20-35)46-30-45(37-23-17-32(18-24-37)40-12-7-29-48-31-40)49-47(50-46)39-27-21-36(22-28-39)44-16-6-11-34-9-2-4-14-42(34)44;1-2-9-40-29-41(27-18-32(40)7-1)33-16-25-39(26-17-33)47-49-45(37-21-14-34(15-22-37)42-11-6-28-48-31-42)30-46(50-47)38-23-19-36(20-24-38)44-13-5-10-35-8-3-4-12-43(35)44;1-2-9-32(10-3-1)33-18-26-38(27-19-33)47-49-45(36-22-16-34(17-23-36)40-12-8-28-48-31-40)30-46(50-47)37-24-20-35(21-25-37)44-29-39-11-4-5-13-41(39)42-14-6-7-15-43(42)44/h3*1-31H. The lowest BCUT2D eigenvalue weighted by Crippen LogP contribution is -1.96. The molecule has 0 fully saturated rings. The van der Waals surface area contributed by atoms with Crippen LogP contribution in [0.5, 0.6) is 0 Å². The first kappa shape index (κ1) is 91.1. The summed E-state index contributed by atoms with van der Waals surface area (Å²) in [6.07, 6.45) is 11.1. The van der Waals surface area contributed by atoms with E-state index in [0.29, 0.717) is 17.5 Å². The van der Waals surface area contributed by atoms with Crippen molar-refractivity contribution < 1.29 is 0 Å². The summed E-state index contributed by atoms with van der Waals surface area (Å²) in [6.45, 7) is 0. The van der Waals surface area contributed by atoms with E-state index in [4.69, 9.17) is 29.9 Å². The predicted molar refractivity (Wildman–Crippen MR) is 622 cm³/mol. The highest BCUT2D eigenvalue weighted by atomic mass is 14.9. The van der Waals surface area contributed by atoms with Crippen LogP contribution in [0.25, 0.3) is 266 Å². The molecule has 0 atom stereocenters. The molecular weight excluding hydrogens is 1820 g/mol. The molecule has 0 saturated carbocycles. The number of nitrogens with zero attached hydrogens (tertiary/aromatic N) is 9. The number of pyridine rings is 3. The summed E-state index contributed by atoms with van der Waals surface area (Å²) in [5.74, 6) is 2.08. The third-order valence-corrected chi connectivity index (χ3v) is 28.2. The monoisotopic (exact) mass is 1910 g/mol. The third-order valence-electron chi connectivity index (χ3n) is 28.2. The summed E-state index contributed by atoms with van der Waals surface area (Å²) in [7, 11) is 0. The van der Waals surface area contributed by atoms with E-state index in [1.165, 1.54) is 115 Å². The molecule has 9 heteroatoms. The molecule has 0 aliphatic heterocycles. The van der Waals surface area contributed by atoms with Crippen LogP contribution in [0.3, 0.4) is 0 Å². The van der Waals surface area contributed by atoms with Gasteiger partial charge < -0.3 is 0 Å². The van der Waals surface area contributed by atoms with E-state index < -0.39 is 0 Å². The summed E-state index contributed by atoms with van der Waals surface area (Å²) < 4.78 is 0. The Morgan fingerprint density at radius 1 is 0.107 bits per heavy atom. The highest BCUT2D eigenvalue weighted by Gasteiger charge is 2.21. The molecule has 0 amide bonds. The van der Waals surface area contributed by atoms with Crippen LogP contribution in [0.2, 0.25) is 0 Å². The van der Waals surface area contributed by atoms with Crippen molar-refractivity contribution in [1.29, 1.82) is 0 Å². The van der Waals surface area contributed by atoms with Crippen LogP contribution in [0.1, 0.15) is 0 Å². The van der Waals surface area contributed by atoms with Crippen molar-refractivity contribution in [2.45, 2.75) is 0 Å². The highest BCUT2D eigenvalue weighted by Crippen LogP contribution is 2.43. The molecule has 0 aliphatic rings. The normalized spacial score (nSPS) is 11.2. The maximum atomic E-state index is 5.15. The van der Waals surface area contributed by atoms with E-state index in [1.807, 2.05) is 42.9 Å². The lowest BCUT2D eigenvalue weighted by atomic mass is 9.93. The van der Waals surface area contributed by atoms with E-state index in [2.05, 4.69) is 518 Å². The Kier molecular flexibility index (Phi) is 25.1. The average molecular weight is 1910 g/mol. The van der Waals surface area contributed by atoms with Gasteiger partial charge in [0.15, 0.2) is 17.5 Å². The molecule has 27 rings (SSSR count). The van der Waals surface area contributed by atoms with Gasteiger partial charge in [-0.1, -0.05) is 479 Å². The molecule has 0 N–H and O–H groups in total. The van der Waals surface area contributed by atoms with Gasteiger partial charge >= 0.3 is 0 Å². The topological polar surface area (TPSA) is 116 Å². The molecule has 9 nitrogen and oxygen atoms in total. The summed E-state index contributed by atoms with van der Waals surface area (Å²) >= 11 is 0. The van der Waals surface area contributed by atoms with Crippen molar-refractivity contribution in [3.63, 3.8) is 0 Å². The van der Waals surface area contributed by atoms with Crippen LogP contribution in [-0.4, -0.2) is 44.9 Å². The molecule has 0 bridgehead atoms. The van der Waals surface area contributed by atoms with Gasteiger partial charge in [-0.15, -0.1) is 0 Å². The molecule has 702 valence electrons. The number of aromatic nitrogens is 9. The first-order chi connectivity index (χ1) is 74.3. The van der Waals surface area contributed by atoms with Gasteiger partial charge in [0.2, 0.25) is 0 Å². The Hall–Kier alpha value is -20.1. The van der Waals surface area contributed by atoms with Crippen LogP contribution >= 0.6 is 0 Å². The molecular formula is C141H93N9. The molecule has 0 spiro atoms. The zero-order valence-electron chi connectivity index (χ0n) is 81.7. The van der Waals surface area contributed by atoms with Gasteiger partial charge in [0.25, 0.3) is 0 Å². The lowest BCUT2D eigenvalue weighted by molar-refractivity contribution is 1.18. The second-order valence-electron chi connectivity index (χ2n) is 37.5. The first-order valence-corrected chi connectivity index (χ1v) is 50.5. The summed E-state index contributed by atoms with van der Waals surface area (Å²) in [5.41, 5.74) is 35.2. The lowest BCUT2D eigenvalue weighted by Gasteiger charge is -2.13. The largest absolute Gasteiger partial charge is 0.264 e. The van der Waals surface area contributed by atoms with Crippen molar-refractivity contribution in [2.75, 3.05) is 0 Å². The maximum Gasteiger partial charge on any atom is 0.160 e. The van der Waals surface area contributed by atoms with Gasteiger partial charge in [0.1, 0.15) is 0 Å². The number of benzene rings is 21. The number of fused-ring (bicyclic) bond motifs is 7. The third kappa shape index (κ3) is 19.3. The van der Waals surface area contributed by atoms with Crippen LogP contribution < -0.4 is 0 Å². The minimum Gasteiger partial charge on any atom is -0.264 e. The molecule has 27 aromatic rings. The molecule has 150 heavy (non-hydrogen) atoms. The minimum absolute atomic E-state index is 0.691. The van der Waals surface area contributed by atoms with E-state index >= 15 is 0 Å². The Balaban J connectivity index is 0.000000116. The molecule has 21 aromatic carbocycles. The van der Waals surface area contributed by atoms with Crippen molar-refractivity contribution >= 4 is 64.6 Å². The molecule has 6 heterocycles. The summed E-state index contributed by atoms with van der Waals surface area (Å²) in [5, 5.41) is 14.9. The fraction of sp³-hybridized carbons (Fsp3) is 0. The zero-order valence-corrected chi connectivity index (χ0v) is 81.7. The van der Waals surface area contributed by atoms with Crippen LogP contribution in [0.4, 0.5) is 0 Å². The molecule has 0 saturated heterocycles. The van der Waals surface area contributed by atoms with Crippen LogP contribution in [0.15, 0.2) is 565 Å². The Morgan fingerprint density at radius 2 is 0.340 bits per heavy atom. The van der Waals surface area contributed by atoms with Crippen molar-refractivity contribution in [3.05, 3.63) is 565 Å². The van der Waals surface area contributed by atoms with E-state index in [9.17, 15) is 0 Å². The summed E-state index contributed by atoms with van der Waals surface area (Å²) in [4.78, 5) is 43.7.